The van der Waals surface area contributed by atoms with Crippen LogP contribution in [0, 0.1) is 13.8 Å². The standard InChI is InChI=1S/C22H25N3O2S/c1-17-8-6-12-21(18(17)2)24-22-14-13-20(16-23-22)25-28(26,27)15-7-11-19-9-4-3-5-10-19/h3-6,8-10,12-14,16,25H,7,11,15H2,1-2H3,(H,23,24). The van der Waals surface area contributed by atoms with Crippen molar-refractivity contribution in [1.29, 1.82) is 0 Å². The van der Waals surface area contributed by atoms with E-state index in [1.165, 1.54) is 11.8 Å². The van der Waals surface area contributed by atoms with E-state index in [2.05, 4.69) is 34.9 Å². The van der Waals surface area contributed by atoms with Gasteiger partial charge in [0.1, 0.15) is 5.82 Å². The van der Waals surface area contributed by atoms with E-state index in [1.54, 1.807) is 12.1 Å². The Bertz CT molecular complexity index is 1020. The third kappa shape index (κ3) is 5.57. The van der Waals surface area contributed by atoms with Crippen molar-refractivity contribution in [3.05, 3.63) is 83.6 Å². The first-order chi connectivity index (χ1) is 13.4. The number of anilines is 3. The molecule has 5 nitrogen and oxygen atoms in total. The highest BCUT2D eigenvalue weighted by Crippen LogP contribution is 2.22. The smallest absolute Gasteiger partial charge is 0.232 e. The summed E-state index contributed by atoms with van der Waals surface area (Å²) in [6.45, 7) is 4.11. The molecule has 0 bridgehead atoms. The average Bonchev–Trinajstić information content (AvgIpc) is 2.67. The molecular weight excluding hydrogens is 370 g/mol. The fourth-order valence-corrected chi connectivity index (χ4v) is 4.00. The van der Waals surface area contributed by atoms with Gasteiger partial charge in [-0.05, 0) is 61.6 Å². The van der Waals surface area contributed by atoms with E-state index < -0.39 is 10.0 Å². The van der Waals surface area contributed by atoms with Gasteiger partial charge in [0.25, 0.3) is 0 Å². The zero-order chi connectivity index (χ0) is 20.0. The number of nitrogens with zero attached hydrogens (tertiary/aromatic N) is 1. The summed E-state index contributed by atoms with van der Waals surface area (Å²) in [7, 11) is -3.40. The Hall–Kier alpha value is -2.86. The summed E-state index contributed by atoms with van der Waals surface area (Å²) in [6.07, 6.45) is 2.83. The maximum absolute atomic E-state index is 12.3. The molecule has 0 atom stereocenters. The van der Waals surface area contributed by atoms with Crippen molar-refractivity contribution in [2.45, 2.75) is 26.7 Å². The van der Waals surface area contributed by atoms with Crippen molar-refractivity contribution in [2.75, 3.05) is 15.8 Å². The van der Waals surface area contributed by atoms with Gasteiger partial charge in [-0.25, -0.2) is 13.4 Å². The molecule has 0 aliphatic heterocycles. The van der Waals surface area contributed by atoms with Crippen molar-refractivity contribution in [1.82, 2.24) is 4.98 Å². The van der Waals surface area contributed by atoms with Crippen LogP contribution < -0.4 is 10.0 Å². The molecule has 1 aromatic heterocycles. The van der Waals surface area contributed by atoms with Gasteiger partial charge in [-0.2, -0.15) is 0 Å². The lowest BCUT2D eigenvalue weighted by atomic mass is 10.1. The highest BCUT2D eigenvalue weighted by molar-refractivity contribution is 7.92. The van der Waals surface area contributed by atoms with Crippen LogP contribution in [-0.4, -0.2) is 19.2 Å². The summed E-state index contributed by atoms with van der Waals surface area (Å²) in [4.78, 5) is 4.32. The molecule has 6 heteroatoms. The first-order valence-electron chi connectivity index (χ1n) is 9.27. The number of aryl methyl sites for hydroxylation is 2. The van der Waals surface area contributed by atoms with Crippen LogP contribution in [0.15, 0.2) is 66.9 Å². The molecule has 28 heavy (non-hydrogen) atoms. The molecule has 3 aromatic rings. The first kappa shape index (κ1) is 19.9. The van der Waals surface area contributed by atoms with Crippen molar-refractivity contribution in [2.24, 2.45) is 0 Å². The minimum atomic E-state index is -3.40. The Morgan fingerprint density at radius 2 is 1.71 bits per heavy atom. The number of sulfonamides is 1. The number of hydrogen-bond acceptors (Lipinski definition) is 4. The molecule has 0 fully saturated rings. The number of nitrogens with one attached hydrogen (secondary N) is 2. The quantitative estimate of drug-likeness (QED) is 0.574. The number of aromatic nitrogens is 1. The Morgan fingerprint density at radius 3 is 2.43 bits per heavy atom. The van der Waals surface area contributed by atoms with Gasteiger partial charge >= 0.3 is 0 Å². The van der Waals surface area contributed by atoms with Gasteiger partial charge in [0, 0.05) is 5.69 Å². The van der Waals surface area contributed by atoms with Crippen LogP contribution in [0.4, 0.5) is 17.2 Å². The van der Waals surface area contributed by atoms with Gasteiger partial charge in [-0.3, -0.25) is 4.72 Å². The first-order valence-corrected chi connectivity index (χ1v) is 10.9. The summed E-state index contributed by atoms with van der Waals surface area (Å²) in [5, 5.41) is 3.27. The van der Waals surface area contributed by atoms with Crippen LogP contribution in [0.1, 0.15) is 23.1 Å². The molecule has 0 aliphatic carbocycles. The third-order valence-corrected chi connectivity index (χ3v) is 6.00. The second kappa shape index (κ2) is 8.89. The van der Waals surface area contributed by atoms with Gasteiger partial charge in [-0.1, -0.05) is 42.5 Å². The molecular formula is C22H25N3O2S. The zero-order valence-corrected chi connectivity index (χ0v) is 17.0. The number of rotatable bonds is 8. The van der Waals surface area contributed by atoms with E-state index in [9.17, 15) is 8.42 Å². The monoisotopic (exact) mass is 395 g/mol. The summed E-state index contributed by atoms with van der Waals surface area (Å²) in [6, 6.07) is 19.4. The molecule has 3 rings (SSSR count). The van der Waals surface area contributed by atoms with E-state index >= 15 is 0 Å². The zero-order valence-electron chi connectivity index (χ0n) is 16.1. The number of hydrogen-bond donors (Lipinski definition) is 2. The molecule has 0 saturated heterocycles. The lowest BCUT2D eigenvalue weighted by Crippen LogP contribution is -2.17. The van der Waals surface area contributed by atoms with Crippen LogP contribution >= 0.6 is 0 Å². The molecule has 0 amide bonds. The minimum absolute atomic E-state index is 0.0738. The third-order valence-electron chi connectivity index (χ3n) is 4.63. The van der Waals surface area contributed by atoms with Crippen LogP contribution in [0.5, 0.6) is 0 Å². The van der Waals surface area contributed by atoms with Gasteiger partial charge < -0.3 is 5.32 Å². The normalized spacial score (nSPS) is 11.2. The predicted octanol–water partition coefficient (Wildman–Crippen LogP) is 4.82. The maximum atomic E-state index is 12.3. The average molecular weight is 396 g/mol. The second-order valence-corrected chi connectivity index (χ2v) is 8.66. The van der Waals surface area contributed by atoms with E-state index in [1.807, 2.05) is 42.5 Å². The Labute approximate surface area is 166 Å². The molecule has 2 N–H and O–H groups in total. The van der Waals surface area contributed by atoms with Crippen molar-refractivity contribution in [3.63, 3.8) is 0 Å². The number of benzene rings is 2. The van der Waals surface area contributed by atoms with Crippen molar-refractivity contribution < 1.29 is 8.42 Å². The Kier molecular flexibility index (Phi) is 6.31. The molecule has 146 valence electrons. The van der Waals surface area contributed by atoms with Gasteiger partial charge in [0.05, 0.1) is 17.6 Å². The molecule has 1 heterocycles. The summed E-state index contributed by atoms with van der Waals surface area (Å²) in [5.41, 5.74) is 4.95. The van der Waals surface area contributed by atoms with Crippen LogP contribution in [0.3, 0.4) is 0 Å². The predicted molar refractivity (Wildman–Crippen MR) is 116 cm³/mol. The molecule has 0 radical (unpaired) electrons. The summed E-state index contributed by atoms with van der Waals surface area (Å²) >= 11 is 0. The maximum Gasteiger partial charge on any atom is 0.232 e. The Balaban J connectivity index is 1.56. The lowest BCUT2D eigenvalue weighted by molar-refractivity contribution is 0.598. The lowest BCUT2D eigenvalue weighted by Gasteiger charge is -2.12. The van der Waals surface area contributed by atoms with Crippen LogP contribution in [0.2, 0.25) is 0 Å². The van der Waals surface area contributed by atoms with Crippen molar-refractivity contribution in [3.8, 4) is 0 Å². The molecule has 0 aliphatic rings. The van der Waals surface area contributed by atoms with E-state index in [0.29, 0.717) is 17.9 Å². The van der Waals surface area contributed by atoms with Crippen LogP contribution in [-0.2, 0) is 16.4 Å². The minimum Gasteiger partial charge on any atom is -0.340 e. The molecule has 0 unspecified atom stereocenters. The Morgan fingerprint density at radius 1 is 0.929 bits per heavy atom. The molecule has 0 spiro atoms. The summed E-state index contributed by atoms with van der Waals surface area (Å²) < 4.78 is 27.2. The highest BCUT2D eigenvalue weighted by Gasteiger charge is 2.11. The SMILES string of the molecule is Cc1cccc(Nc2ccc(NS(=O)(=O)CCCc3ccccc3)cn2)c1C. The topological polar surface area (TPSA) is 71.1 Å². The van der Waals surface area contributed by atoms with E-state index in [0.717, 1.165) is 23.2 Å². The van der Waals surface area contributed by atoms with Crippen LogP contribution in [0.25, 0.3) is 0 Å². The van der Waals surface area contributed by atoms with E-state index in [-0.39, 0.29) is 5.75 Å². The van der Waals surface area contributed by atoms with Gasteiger partial charge in [0.15, 0.2) is 0 Å². The molecule has 2 aromatic carbocycles. The number of pyridine rings is 1. The molecule has 0 saturated carbocycles. The summed E-state index contributed by atoms with van der Waals surface area (Å²) in [5.74, 6) is 0.741. The fourth-order valence-electron chi connectivity index (χ4n) is 2.89. The fraction of sp³-hybridized carbons (Fsp3) is 0.227. The van der Waals surface area contributed by atoms with E-state index in [4.69, 9.17) is 0 Å². The second-order valence-electron chi connectivity index (χ2n) is 6.81. The van der Waals surface area contributed by atoms with Crippen molar-refractivity contribution >= 4 is 27.2 Å². The largest absolute Gasteiger partial charge is 0.340 e. The van der Waals surface area contributed by atoms with Gasteiger partial charge in [0.2, 0.25) is 10.0 Å². The van der Waals surface area contributed by atoms with Gasteiger partial charge in [-0.15, -0.1) is 0 Å². The highest BCUT2D eigenvalue weighted by atomic mass is 32.2.